The topological polar surface area (TPSA) is 96.7 Å². The molecule has 2 N–H and O–H groups in total. The highest BCUT2D eigenvalue weighted by Crippen LogP contribution is 2.18. The number of nitrogens with one attached hydrogen (secondary N) is 2. The van der Waals surface area contributed by atoms with Crippen LogP contribution in [0.25, 0.3) is 0 Å². The fraction of sp³-hybridized carbons (Fsp3) is 0.450. The van der Waals surface area contributed by atoms with Crippen molar-refractivity contribution < 1.29 is 18.7 Å². The summed E-state index contributed by atoms with van der Waals surface area (Å²) in [5.41, 5.74) is 0.922. The van der Waals surface area contributed by atoms with Gasteiger partial charge in [0.05, 0.1) is 18.5 Å². The van der Waals surface area contributed by atoms with Crippen molar-refractivity contribution in [1.82, 2.24) is 15.6 Å². The quantitative estimate of drug-likeness (QED) is 0.752. The minimum atomic E-state index is -0.329. The van der Waals surface area contributed by atoms with Gasteiger partial charge in [0.2, 0.25) is 5.91 Å². The Morgan fingerprint density at radius 1 is 1.18 bits per heavy atom. The van der Waals surface area contributed by atoms with Gasteiger partial charge in [0.25, 0.3) is 5.91 Å². The van der Waals surface area contributed by atoms with Crippen molar-refractivity contribution in [1.29, 1.82) is 0 Å². The molecule has 0 aromatic carbocycles. The van der Waals surface area contributed by atoms with Crippen molar-refractivity contribution in [2.75, 3.05) is 24.5 Å². The van der Waals surface area contributed by atoms with Crippen LogP contribution in [0.4, 0.5) is 5.82 Å². The van der Waals surface area contributed by atoms with Gasteiger partial charge in [-0.05, 0) is 37.6 Å². The maximum absolute atomic E-state index is 11.9. The lowest BCUT2D eigenvalue weighted by Crippen LogP contribution is -2.45. The fourth-order valence-corrected chi connectivity index (χ4v) is 3.15. The molecule has 150 valence electrons. The lowest BCUT2D eigenvalue weighted by atomic mass is 10.2. The molecule has 0 saturated carbocycles. The third-order valence-electron chi connectivity index (χ3n) is 4.42. The first-order chi connectivity index (χ1) is 13.5. The van der Waals surface area contributed by atoms with Crippen LogP contribution in [0.2, 0.25) is 0 Å². The monoisotopic (exact) mass is 386 g/mol. The minimum absolute atomic E-state index is 0.139. The number of aromatic nitrogens is 1. The normalized spacial score (nSPS) is 19.3. The molecular formula is C20H26N4O4. The smallest absolute Gasteiger partial charge is 0.286 e. The molecule has 1 fully saturated rings. The second kappa shape index (κ2) is 9.36. The average Bonchev–Trinajstić information content (AvgIpc) is 3.21. The van der Waals surface area contributed by atoms with Crippen molar-refractivity contribution >= 4 is 17.6 Å². The maximum atomic E-state index is 11.9. The molecule has 0 radical (unpaired) electrons. The van der Waals surface area contributed by atoms with Gasteiger partial charge in [0.1, 0.15) is 5.82 Å². The first kappa shape index (κ1) is 19.9. The summed E-state index contributed by atoms with van der Waals surface area (Å²) in [6.07, 6.45) is 3.76. The highest BCUT2D eigenvalue weighted by molar-refractivity contribution is 5.91. The van der Waals surface area contributed by atoms with Gasteiger partial charge in [0.15, 0.2) is 5.76 Å². The summed E-state index contributed by atoms with van der Waals surface area (Å²) in [5, 5.41) is 5.48. The van der Waals surface area contributed by atoms with Gasteiger partial charge in [0, 0.05) is 38.8 Å². The van der Waals surface area contributed by atoms with Crippen LogP contribution in [0.1, 0.15) is 36.4 Å². The highest BCUT2D eigenvalue weighted by Gasteiger charge is 2.22. The molecule has 1 aliphatic rings. The van der Waals surface area contributed by atoms with Crippen LogP contribution in [-0.2, 0) is 16.1 Å². The van der Waals surface area contributed by atoms with Gasteiger partial charge < -0.3 is 24.7 Å². The van der Waals surface area contributed by atoms with E-state index in [1.807, 2.05) is 12.1 Å². The number of carbonyl (C=O) groups is 2. The van der Waals surface area contributed by atoms with Gasteiger partial charge >= 0.3 is 0 Å². The van der Waals surface area contributed by atoms with E-state index in [-0.39, 0.29) is 42.7 Å². The van der Waals surface area contributed by atoms with Crippen LogP contribution < -0.4 is 15.5 Å². The maximum Gasteiger partial charge on any atom is 0.286 e. The Balaban J connectivity index is 1.39. The van der Waals surface area contributed by atoms with Crippen molar-refractivity contribution in [2.24, 2.45) is 0 Å². The van der Waals surface area contributed by atoms with Crippen LogP contribution in [-0.4, -0.2) is 48.6 Å². The second-order valence-electron chi connectivity index (χ2n) is 6.95. The van der Waals surface area contributed by atoms with Gasteiger partial charge in [-0.3, -0.25) is 9.59 Å². The number of nitrogens with zero attached hydrogens (tertiary/aromatic N) is 2. The average molecular weight is 386 g/mol. The summed E-state index contributed by atoms with van der Waals surface area (Å²) in [6.45, 7) is 6.39. The molecule has 2 atom stereocenters. The molecule has 0 aliphatic carbocycles. The SMILES string of the molecule is C[C@H]1CN(c2ccc(CNC(=O)CCNC(=O)c3ccco3)cn2)C[C@H](C)O1. The van der Waals surface area contributed by atoms with Crippen LogP contribution in [0.5, 0.6) is 0 Å². The Morgan fingerprint density at radius 2 is 1.96 bits per heavy atom. The summed E-state index contributed by atoms with van der Waals surface area (Å²) in [4.78, 5) is 30.4. The summed E-state index contributed by atoms with van der Waals surface area (Å²) >= 11 is 0. The van der Waals surface area contributed by atoms with Crippen molar-refractivity contribution in [2.45, 2.75) is 39.0 Å². The molecule has 1 saturated heterocycles. The van der Waals surface area contributed by atoms with E-state index in [1.165, 1.54) is 6.26 Å². The molecule has 8 heteroatoms. The lowest BCUT2D eigenvalue weighted by Gasteiger charge is -2.36. The Bertz CT molecular complexity index is 766. The molecule has 2 aromatic rings. The molecule has 28 heavy (non-hydrogen) atoms. The summed E-state index contributed by atoms with van der Waals surface area (Å²) < 4.78 is 10.7. The Kier molecular flexibility index (Phi) is 6.65. The molecule has 0 spiro atoms. The van der Waals surface area contributed by atoms with E-state index >= 15 is 0 Å². The molecule has 1 aliphatic heterocycles. The largest absolute Gasteiger partial charge is 0.459 e. The number of hydrogen-bond acceptors (Lipinski definition) is 6. The molecule has 2 amide bonds. The molecular weight excluding hydrogens is 360 g/mol. The number of morpholine rings is 1. The lowest BCUT2D eigenvalue weighted by molar-refractivity contribution is -0.121. The zero-order valence-corrected chi connectivity index (χ0v) is 16.2. The highest BCUT2D eigenvalue weighted by atomic mass is 16.5. The standard InChI is InChI=1S/C20H26N4O4/c1-14-12-24(13-15(2)28-14)18-6-5-16(10-22-18)11-23-19(25)7-8-21-20(26)17-4-3-9-27-17/h3-6,9-10,14-15H,7-8,11-13H2,1-2H3,(H,21,26)(H,23,25)/t14-,15-/m0/s1. The van der Waals surface area contributed by atoms with E-state index in [2.05, 4.69) is 34.4 Å². The zero-order valence-electron chi connectivity index (χ0n) is 16.2. The molecule has 3 rings (SSSR count). The fourth-order valence-electron chi connectivity index (χ4n) is 3.15. The molecule has 3 heterocycles. The van der Waals surface area contributed by atoms with E-state index in [9.17, 15) is 9.59 Å². The van der Waals surface area contributed by atoms with E-state index < -0.39 is 0 Å². The molecule has 0 unspecified atom stereocenters. The third kappa shape index (κ3) is 5.56. The Hall–Kier alpha value is -2.87. The van der Waals surface area contributed by atoms with E-state index in [1.54, 1.807) is 18.3 Å². The number of pyridine rings is 1. The number of ether oxygens (including phenoxy) is 1. The van der Waals surface area contributed by atoms with E-state index in [0.717, 1.165) is 24.5 Å². The van der Waals surface area contributed by atoms with Crippen LogP contribution in [0.3, 0.4) is 0 Å². The van der Waals surface area contributed by atoms with Gasteiger partial charge in [-0.15, -0.1) is 0 Å². The first-order valence-corrected chi connectivity index (χ1v) is 9.45. The number of amides is 2. The van der Waals surface area contributed by atoms with Gasteiger partial charge in [-0.2, -0.15) is 0 Å². The number of hydrogen-bond donors (Lipinski definition) is 2. The van der Waals surface area contributed by atoms with Gasteiger partial charge in [-0.1, -0.05) is 6.07 Å². The van der Waals surface area contributed by atoms with Crippen molar-refractivity contribution in [3.8, 4) is 0 Å². The number of anilines is 1. The van der Waals surface area contributed by atoms with E-state index in [0.29, 0.717) is 6.54 Å². The minimum Gasteiger partial charge on any atom is -0.459 e. The van der Waals surface area contributed by atoms with Crippen molar-refractivity contribution in [3.05, 3.63) is 48.0 Å². The predicted octanol–water partition coefficient (Wildman–Crippen LogP) is 1.72. The van der Waals surface area contributed by atoms with Crippen LogP contribution in [0.15, 0.2) is 41.1 Å². The summed E-state index contributed by atoms with van der Waals surface area (Å²) in [7, 11) is 0. The number of carbonyl (C=O) groups excluding carboxylic acids is 2. The molecule has 8 nitrogen and oxygen atoms in total. The molecule has 2 aromatic heterocycles. The predicted molar refractivity (Wildman–Crippen MR) is 104 cm³/mol. The second-order valence-corrected chi connectivity index (χ2v) is 6.95. The Morgan fingerprint density at radius 3 is 2.61 bits per heavy atom. The summed E-state index contributed by atoms with van der Waals surface area (Å²) in [6, 6.07) is 7.15. The number of furan rings is 1. The van der Waals surface area contributed by atoms with Crippen LogP contribution >= 0.6 is 0 Å². The van der Waals surface area contributed by atoms with E-state index in [4.69, 9.17) is 9.15 Å². The third-order valence-corrected chi connectivity index (χ3v) is 4.42. The van der Waals surface area contributed by atoms with Crippen LogP contribution in [0, 0.1) is 0 Å². The van der Waals surface area contributed by atoms with Gasteiger partial charge in [-0.25, -0.2) is 4.98 Å². The summed E-state index contributed by atoms with van der Waals surface area (Å²) in [5.74, 6) is 0.678. The van der Waals surface area contributed by atoms with Crippen molar-refractivity contribution in [3.63, 3.8) is 0 Å². The zero-order chi connectivity index (χ0) is 19.9. The molecule has 0 bridgehead atoms. The number of rotatable bonds is 7. The first-order valence-electron chi connectivity index (χ1n) is 9.45. The Labute approximate surface area is 164 Å².